The van der Waals surface area contributed by atoms with Gasteiger partial charge in [0.15, 0.2) is 11.6 Å². The second-order valence-electron chi connectivity index (χ2n) is 5.98. The zero-order valence-corrected chi connectivity index (χ0v) is 14.5. The lowest BCUT2D eigenvalue weighted by Crippen LogP contribution is -2.30. The van der Waals surface area contributed by atoms with E-state index in [9.17, 15) is 9.59 Å². The van der Waals surface area contributed by atoms with Crippen molar-refractivity contribution < 1.29 is 9.59 Å². The third-order valence-electron chi connectivity index (χ3n) is 4.51. The summed E-state index contributed by atoms with van der Waals surface area (Å²) in [5, 5.41) is 0.144. The van der Waals surface area contributed by atoms with E-state index in [1.165, 1.54) is 0 Å². The Balaban J connectivity index is 1.80. The van der Waals surface area contributed by atoms with Crippen molar-refractivity contribution in [2.75, 3.05) is 6.26 Å². The molecule has 0 spiro atoms. The zero-order chi connectivity index (χ0) is 16.9. The Hall–Kier alpha value is -2.13. The normalized spacial score (nSPS) is 20.3. The molecule has 2 nitrogen and oxygen atoms in total. The minimum atomic E-state index is -0.0604. The molecule has 0 aliphatic heterocycles. The Morgan fingerprint density at radius 3 is 2.08 bits per heavy atom. The van der Waals surface area contributed by atoms with Crippen molar-refractivity contribution in [3.63, 3.8) is 0 Å². The van der Waals surface area contributed by atoms with E-state index in [1.807, 2.05) is 73.0 Å². The van der Waals surface area contributed by atoms with Gasteiger partial charge in [0.05, 0.1) is 0 Å². The number of hydrogen-bond acceptors (Lipinski definition) is 3. The van der Waals surface area contributed by atoms with Crippen molar-refractivity contribution in [3.8, 4) is 0 Å². The van der Waals surface area contributed by atoms with Crippen LogP contribution in [0.1, 0.15) is 33.6 Å². The SMILES string of the molecule is CSC1CC(C(=O)c2ccccc2)=CCC1C(=O)c1ccccc1. The first kappa shape index (κ1) is 16.7. The van der Waals surface area contributed by atoms with Crippen molar-refractivity contribution in [3.05, 3.63) is 83.4 Å². The number of benzene rings is 2. The molecular weight excluding hydrogens is 316 g/mol. The monoisotopic (exact) mass is 336 g/mol. The van der Waals surface area contributed by atoms with Crippen LogP contribution < -0.4 is 0 Å². The number of Topliss-reactive ketones (excluding diaryl/α,β-unsaturated/α-hetero) is 2. The molecule has 1 aliphatic carbocycles. The third kappa shape index (κ3) is 3.51. The summed E-state index contributed by atoms with van der Waals surface area (Å²) in [6.07, 6.45) is 5.27. The fourth-order valence-corrected chi connectivity index (χ4v) is 4.07. The Morgan fingerprint density at radius 1 is 0.917 bits per heavy atom. The topological polar surface area (TPSA) is 34.1 Å². The molecule has 0 saturated carbocycles. The second-order valence-corrected chi connectivity index (χ2v) is 7.05. The lowest BCUT2D eigenvalue weighted by atomic mass is 9.82. The lowest BCUT2D eigenvalue weighted by molar-refractivity contribution is 0.0908. The fourth-order valence-electron chi connectivity index (χ4n) is 3.16. The maximum Gasteiger partial charge on any atom is 0.188 e. The number of ketones is 2. The summed E-state index contributed by atoms with van der Waals surface area (Å²) >= 11 is 1.68. The molecule has 0 heterocycles. The van der Waals surface area contributed by atoms with Gasteiger partial charge in [-0.25, -0.2) is 0 Å². The van der Waals surface area contributed by atoms with Gasteiger partial charge in [-0.15, -0.1) is 0 Å². The minimum absolute atomic E-state index is 0.0604. The lowest BCUT2D eigenvalue weighted by Gasteiger charge is -2.29. The predicted octanol–water partition coefficient (Wildman–Crippen LogP) is 4.82. The van der Waals surface area contributed by atoms with Crippen molar-refractivity contribution in [1.82, 2.24) is 0 Å². The first-order valence-corrected chi connectivity index (χ1v) is 9.40. The molecule has 2 unspecified atom stereocenters. The molecule has 24 heavy (non-hydrogen) atoms. The second kappa shape index (κ2) is 7.63. The molecule has 0 radical (unpaired) electrons. The number of carbonyl (C=O) groups is 2. The van der Waals surface area contributed by atoms with E-state index in [-0.39, 0.29) is 22.7 Å². The van der Waals surface area contributed by atoms with Crippen LogP contribution in [0.25, 0.3) is 0 Å². The largest absolute Gasteiger partial charge is 0.294 e. The number of hydrogen-bond donors (Lipinski definition) is 0. The molecule has 0 bridgehead atoms. The molecule has 0 fully saturated rings. The van der Waals surface area contributed by atoms with E-state index >= 15 is 0 Å². The maximum absolute atomic E-state index is 12.8. The minimum Gasteiger partial charge on any atom is -0.294 e. The smallest absolute Gasteiger partial charge is 0.188 e. The van der Waals surface area contributed by atoms with E-state index in [4.69, 9.17) is 0 Å². The summed E-state index contributed by atoms with van der Waals surface area (Å²) < 4.78 is 0. The van der Waals surface area contributed by atoms with Gasteiger partial charge in [-0.3, -0.25) is 9.59 Å². The molecule has 3 rings (SSSR count). The van der Waals surface area contributed by atoms with E-state index in [1.54, 1.807) is 11.8 Å². The van der Waals surface area contributed by atoms with Gasteiger partial charge in [0.25, 0.3) is 0 Å². The predicted molar refractivity (Wildman–Crippen MR) is 99.7 cm³/mol. The Kier molecular flexibility index (Phi) is 5.31. The summed E-state index contributed by atoms with van der Waals surface area (Å²) in [7, 11) is 0. The summed E-state index contributed by atoms with van der Waals surface area (Å²) in [4.78, 5) is 25.4. The maximum atomic E-state index is 12.8. The van der Waals surface area contributed by atoms with Gasteiger partial charge in [-0.1, -0.05) is 66.7 Å². The van der Waals surface area contributed by atoms with Crippen LogP contribution in [0.15, 0.2) is 72.3 Å². The molecule has 122 valence electrons. The summed E-state index contributed by atoms with van der Waals surface area (Å²) in [5.41, 5.74) is 2.31. The van der Waals surface area contributed by atoms with Crippen LogP contribution in [-0.2, 0) is 0 Å². The van der Waals surface area contributed by atoms with E-state index < -0.39 is 0 Å². The average molecular weight is 336 g/mol. The highest BCUT2D eigenvalue weighted by Crippen LogP contribution is 2.35. The molecule has 0 saturated heterocycles. The summed E-state index contributed by atoms with van der Waals surface area (Å²) in [6.45, 7) is 0. The molecule has 2 atom stereocenters. The van der Waals surface area contributed by atoms with Gasteiger partial charge in [-0.2, -0.15) is 11.8 Å². The van der Waals surface area contributed by atoms with Gasteiger partial charge < -0.3 is 0 Å². The highest BCUT2D eigenvalue weighted by molar-refractivity contribution is 7.99. The number of thioether (sulfide) groups is 1. The van der Waals surface area contributed by atoms with Crippen molar-refractivity contribution in [2.45, 2.75) is 18.1 Å². The molecule has 2 aromatic rings. The van der Waals surface area contributed by atoms with Crippen LogP contribution in [0.5, 0.6) is 0 Å². The van der Waals surface area contributed by atoms with E-state index in [0.29, 0.717) is 12.8 Å². The highest BCUT2D eigenvalue weighted by Gasteiger charge is 2.33. The highest BCUT2D eigenvalue weighted by atomic mass is 32.2. The van der Waals surface area contributed by atoms with Crippen LogP contribution in [0.2, 0.25) is 0 Å². The molecule has 0 amide bonds. The van der Waals surface area contributed by atoms with Gasteiger partial charge in [-0.05, 0) is 24.7 Å². The number of rotatable bonds is 5. The van der Waals surface area contributed by atoms with Crippen molar-refractivity contribution in [2.24, 2.45) is 5.92 Å². The third-order valence-corrected chi connectivity index (χ3v) is 5.61. The van der Waals surface area contributed by atoms with Crippen molar-refractivity contribution >= 4 is 23.3 Å². The van der Waals surface area contributed by atoms with Crippen LogP contribution in [0.3, 0.4) is 0 Å². The zero-order valence-electron chi connectivity index (χ0n) is 13.6. The summed E-state index contributed by atoms with van der Waals surface area (Å²) in [6, 6.07) is 18.8. The number of allylic oxidation sites excluding steroid dienone is 2. The van der Waals surface area contributed by atoms with Crippen LogP contribution in [0, 0.1) is 5.92 Å². The summed E-state index contributed by atoms with van der Waals surface area (Å²) in [5.74, 6) is 0.201. The molecule has 3 heteroatoms. The molecule has 0 N–H and O–H groups in total. The number of carbonyl (C=O) groups excluding carboxylic acids is 2. The van der Waals surface area contributed by atoms with E-state index in [0.717, 1.165) is 16.7 Å². The van der Waals surface area contributed by atoms with Crippen LogP contribution >= 0.6 is 11.8 Å². The molecular formula is C21H20O2S. The van der Waals surface area contributed by atoms with Gasteiger partial charge in [0.2, 0.25) is 0 Å². The molecule has 1 aliphatic rings. The first-order valence-electron chi connectivity index (χ1n) is 8.11. The Bertz CT molecular complexity index is 750. The van der Waals surface area contributed by atoms with Crippen LogP contribution in [0.4, 0.5) is 0 Å². The van der Waals surface area contributed by atoms with Gasteiger partial charge in [0, 0.05) is 22.3 Å². The van der Waals surface area contributed by atoms with E-state index in [2.05, 4.69) is 0 Å². The molecule has 2 aromatic carbocycles. The molecule has 0 aromatic heterocycles. The van der Waals surface area contributed by atoms with Gasteiger partial charge >= 0.3 is 0 Å². The Labute approximate surface area is 147 Å². The van der Waals surface area contributed by atoms with Crippen molar-refractivity contribution in [1.29, 1.82) is 0 Å². The first-order chi connectivity index (χ1) is 11.7. The quantitative estimate of drug-likeness (QED) is 0.734. The standard InChI is InChI=1S/C21H20O2S/c1-24-19-14-17(20(22)15-8-4-2-5-9-15)12-13-18(19)21(23)16-10-6-3-7-11-16/h2-12,18-19H,13-14H2,1H3. The average Bonchev–Trinajstić information content (AvgIpc) is 2.67. The Morgan fingerprint density at radius 2 is 1.50 bits per heavy atom. The van der Waals surface area contributed by atoms with Crippen LogP contribution in [-0.4, -0.2) is 23.1 Å². The van der Waals surface area contributed by atoms with Gasteiger partial charge in [0.1, 0.15) is 0 Å². The fraction of sp³-hybridized carbons (Fsp3) is 0.238.